The lowest BCUT2D eigenvalue weighted by atomic mass is 10.0. The standard InChI is InChI=1S/C11H17NO2S/c1-2-14-11(13)12-7-8-3-4-10-9(8)5-6-15-10/h5-6,8,11-13H,2-4,7H2,1H3. The SMILES string of the molecule is CCOC(O)NCC1CCc2sccc21. The molecule has 1 aliphatic rings. The van der Waals surface area contributed by atoms with Crippen LogP contribution in [0.25, 0.3) is 0 Å². The summed E-state index contributed by atoms with van der Waals surface area (Å²) in [5, 5.41) is 14.5. The van der Waals surface area contributed by atoms with Crippen LogP contribution in [0.3, 0.4) is 0 Å². The third-order valence-electron chi connectivity index (χ3n) is 2.80. The first-order chi connectivity index (χ1) is 7.31. The highest BCUT2D eigenvalue weighted by Gasteiger charge is 2.23. The molecule has 0 saturated heterocycles. The van der Waals surface area contributed by atoms with Gasteiger partial charge in [-0.1, -0.05) is 0 Å². The summed E-state index contributed by atoms with van der Waals surface area (Å²) in [6.07, 6.45) is 1.55. The van der Waals surface area contributed by atoms with Crippen molar-refractivity contribution in [2.24, 2.45) is 0 Å². The predicted molar refractivity (Wildman–Crippen MR) is 61.0 cm³/mol. The minimum absolute atomic E-state index is 0.530. The monoisotopic (exact) mass is 227 g/mol. The Kier molecular flexibility index (Phi) is 3.75. The number of hydrogen-bond acceptors (Lipinski definition) is 4. The third-order valence-corrected chi connectivity index (χ3v) is 3.80. The van der Waals surface area contributed by atoms with Gasteiger partial charge in [-0.05, 0) is 42.7 Å². The maximum absolute atomic E-state index is 9.38. The van der Waals surface area contributed by atoms with Crippen LogP contribution in [-0.4, -0.2) is 24.7 Å². The van der Waals surface area contributed by atoms with E-state index in [1.807, 2.05) is 18.3 Å². The molecular weight excluding hydrogens is 210 g/mol. The lowest BCUT2D eigenvalue weighted by Crippen LogP contribution is -2.34. The fourth-order valence-corrected chi connectivity index (χ4v) is 3.04. The van der Waals surface area contributed by atoms with Crippen molar-refractivity contribution in [3.05, 3.63) is 21.9 Å². The second-order valence-electron chi connectivity index (χ2n) is 3.75. The van der Waals surface area contributed by atoms with E-state index in [1.165, 1.54) is 23.3 Å². The Labute approximate surface area is 94.1 Å². The van der Waals surface area contributed by atoms with Crippen LogP contribution in [0, 0.1) is 0 Å². The van der Waals surface area contributed by atoms with Gasteiger partial charge in [0.1, 0.15) is 0 Å². The van der Waals surface area contributed by atoms with Crippen molar-refractivity contribution in [3.63, 3.8) is 0 Å². The molecule has 1 heterocycles. The molecule has 1 aromatic heterocycles. The van der Waals surface area contributed by atoms with Crippen LogP contribution in [0.15, 0.2) is 11.4 Å². The highest BCUT2D eigenvalue weighted by molar-refractivity contribution is 7.10. The quantitative estimate of drug-likeness (QED) is 0.752. The molecule has 0 spiro atoms. The summed E-state index contributed by atoms with van der Waals surface area (Å²) in [6, 6.07) is 2.20. The summed E-state index contributed by atoms with van der Waals surface area (Å²) in [5.41, 5.74) is 1.45. The van der Waals surface area contributed by atoms with Gasteiger partial charge in [-0.2, -0.15) is 0 Å². The summed E-state index contributed by atoms with van der Waals surface area (Å²) in [7, 11) is 0. The molecule has 1 aromatic rings. The van der Waals surface area contributed by atoms with Gasteiger partial charge in [0.25, 0.3) is 0 Å². The molecule has 2 rings (SSSR count). The van der Waals surface area contributed by atoms with Crippen molar-refractivity contribution in [2.75, 3.05) is 13.2 Å². The van der Waals surface area contributed by atoms with Gasteiger partial charge in [-0.25, -0.2) is 0 Å². The second kappa shape index (κ2) is 5.07. The highest BCUT2D eigenvalue weighted by atomic mass is 32.1. The van der Waals surface area contributed by atoms with E-state index in [9.17, 15) is 5.11 Å². The fraction of sp³-hybridized carbons (Fsp3) is 0.636. The number of fused-ring (bicyclic) bond motifs is 1. The molecule has 4 heteroatoms. The number of aliphatic hydroxyl groups excluding tert-OH is 1. The Morgan fingerprint density at radius 2 is 2.60 bits per heavy atom. The Morgan fingerprint density at radius 3 is 3.40 bits per heavy atom. The average Bonchev–Trinajstić information content (AvgIpc) is 2.77. The third kappa shape index (κ3) is 2.58. The zero-order valence-electron chi connectivity index (χ0n) is 8.90. The van der Waals surface area contributed by atoms with E-state index >= 15 is 0 Å². The molecule has 0 saturated carbocycles. The predicted octanol–water partition coefficient (Wildman–Crippen LogP) is 1.68. The molecule has 0 fully saturated rings. The highest BCUT2D eigenvalue weighted by Crippen LogP contribution is 2.35. The summed E-state index contributed by atoms with van der Waals surface area (Å²) >= 11 is 1.84. The van der Waals surface area contributed by atoms with Gasteiger partial charge in [-0.3, -0.25) is 5.32 Å². The molecule has 0 bridgehead atoms. The van der Waals surface area contributed by atoms with E-state index in [-0.39, 0.29) is 0 Å². The maximum Gasteiger partial charge on any atom is 0.213 e. The lowest BCUT2D eigenvalue weighted by molar-refractivity contribution is -0.116. The Hall–Kier alpha value is -0.420. The first-order valence-corrected chi connectivity index (χ1v) is 6.28. The van der Waals surface area contributed by atoms with Crippen LogP contribution in [0.1, 0.15) is 29.7 Å². The van der Waals surface area contributed by atoms with Crippen molar-refractivity contribution >= 4 is 11.3 Å². The summed E-state index contributed by atoms with van der Waals surface area (Å²) < 4.78 is 5.02. The van der Waals surface area contributed by atoms with Gasteiger partial charge in [0.2, 0.25) is 6.41 Å². The Balaban J connectivity index is 1.82. The van der Waals surface area contributed by atoms with Crippen LogP contribution in [-0.2, 0) is 11.2 Å². The van der Waals surface area contributed by atoms with Crippen LogP contribution in [0.4, 0.5) is 0 Å². The number of aryl methyl sites for hydroxylation is 1. The molecule has 0 aromatic carbocycles. The minimum Gasteiger partial charge on any atom is -0.356 e. The number of thiophene rings is 1. The molecule has 84 valence electrons. The lowest BCUT2D eigenvalue weighted by Gasteiger charge is -2.16. The number of rotatable bonds is 5. The zero-order valence-corrected chi connectivity index (χ0v) is 9.72. The maximum atomic E-state index is 9.38. The summed E-state index contributed by atoms with van der Waals surface area (Å²) in [5.74, 6) is 0.543. The van der Waals surface area contributed by atoms with E-state index in [4.69, 9.17) is 4.74 Å². The van der Waals surface area contributed by atoms with Crippen LogP contribution >= 0.6 is 11.3 Å². The molecular formula is C11H17NO2S. The van der Waals surface area contributed by atoms with Crippen molar-refractivity contribution < 1.29 is 9.84 Å². The number of ether oxygens (including phenoxy) is 1. The number of hydrogen-bond donors (Lipinski definition) is 2. The van der Waals surface area contributed by atoms with E-state index in [0.717, 1.165) is 6.54 Å². The van der Waals surface area contributed by atoms with E-state index in [0.29, 0.717) is 12.5 Å². The van der Waals surface area contributed by atoms with Gasteiger partial charge in [0.05, 0.1) is 0 Å². The van der Waals surface area contributed by atoms with Crippen LogP contribution < -0.4 is 5.32 Å². The van der Waals surface area contributed by atoms with Crippen molar-refractivity contribution in [1.29, 1.82) is 0 Å². The van der Waals surface area contributed by atoms with Crippen molar-refractivity contribution in [1.82, 2.24) is 5.32 Å². The van der Waals surface area contributed by atoms with Crippen molar-refractivity contribution in [2.45, 2.75) is 32.1 Å². The van der Waals surface area contributed by atoms with E-state index in [1.54, 1.807) is 0 Å². The molecule has 1 aliphatic carbocycles. The molecule has 15 heavy (non-hydrogen) atoms. The summed E-state index contributed by atoms with van der Waals surface area (Å²) in [6.45, 7) is 3.20. The van der Waals surface area contributed by atoms with E-state index < -0.39 is 6.41 Å². The van der Waals surface area contributed by atoms with Gasteiger partial charge in [0.15, 0.2) is 0 Å². The molecule has 0 aliphatic heterocycles. The first kappa shape index (κ1) is 11.1. The smallest absolute Gasteiger partial charge is 0.213 e. The molecule has 0 amide bonds. The normalized spacial score (nSPS) is 21.6. The second-order valence-corrected chi connectivity index (χ2v) is 4.75. The zero-order chi connectivity index (χ0) is 10.7. The average molecular weight is 227 g/mol. The Morgan fingerprint density at radius 1 is 1.73 bits per heavy atom. The molecule has 2 N–H and O–H groups in total. The Bertz CT molecular complexity index is 313. The minimum atomic E-state index is -0.822. The topological polar surface area (TPSA) is 41.5 Å². The van der Waals surface area contributed by atoms with Crippen molar-refractivity contribution in [3.8, 4) is 0 Å². The molecule has 0 radical (unpaired) electrons. The fourth-order valence-electron chi connectivity index (χ4n) is 2.05. The first-order valence-electron chi connectivity index (χ1n) is 5.40. The molecule has 3 nitrogen and oxygen atoms in total. The molecule has 2 unspecified atom stereocenters. The number of nitrogens with one attached hydrogen (secondary N) is 1. The largest absolute Gasteiger partial charge is 0.356 e. The van der Waals surface area contributed by atoms with Gasteiger partial charge in [0, 0.05) is 18.0 Å². The number of aliphatic hydroxyl groups is 1. The van der Waals surface area contributed by atoms with Crippen LogP contribution in [0.5, 0.6) is 0 Å². The van der Waals surface area contributed by atoms with Gasteiger partial charge >= 0.3 is 0 Å². The van der Waals surface area contributed by atoms with E-state index in [2.05, 4.69) is 16.8 Å². The summed E-state index contributed by atoms with van der Waals surface area (Å²) in [4.78, 5) is 1.51. The van der Waals surface area contributed by atoms with Gasteiger partial charge < -0.3 is 9.84 Å². The van der Waals surface area contributed by atoms with Gasteiger partial charge in [-0.15, -0.1) is 11.3 Å². The molecule has 2 atom stereocenters. The van der Waals surface area contributed by atoms with Crippen LogP contribution in [0.2, 0.25) is 0 Å².